The molecule has 1 unspecified atom stereocenters. The van der Waals surface area contributed by atoms with Crippen LogP contribution in [0.4, 0.5) is 0 Å². The highest BCUT2D eigenvalue weighted by atomic mass is 16.6. The second-order valence-electron chi connectivity index (χ2n) is 5.37. The van der Waals surface area contributed by atoms with Crippen molar-refractivity contribution in [2.24, 2.45) is 5.92 Å². The fraction of sp³-hybridized carbons (Fsp3) is 0.647. The number of hydrogen-bond donors (Lipinski definition) is 0. The molecule has 0 radical (unpaired) electrons. The number of likely N-dealkylation sites (N-methyl/N-ethyl adjacent to an activating group) is 1. The molecule has 0 rings (SSSR count). The number of rotatable bonds is 13. The lowest BCUT2D eigenvalue weighted by Gasteiger charge is -2.13. The fourth-order valence-electron chi connectivity index (χ4n) is 1.64. The van der Waals surface area contributed by atoms with Gasteiger partial charge in [0.1, 0.15) is 24.9 Å². The molecule has 0 aliphatic carbocycles. The Bertz CT molecular complexity index is 498. The Hall–Kier alpha value is -2.40. The summed E-state index contributed by atoms with van der Waals surface area (Å²) in [5, 5.41) is 9.03. The van der Waals surface area contributed by atoms with E-state index in [0.717, 1.165) is 0 Å². The third kappa shape index (κ3) is 12.7. The first-order chi connectivity index (χ1) is 11.9. The molecule has 0 fully saturated rings. The Balaban J connectivity index is 4.01. The fourth-order valence-corrected chi connectivity index (χ4v) is 1.64. The van der Waals surface area contributed by atoms with E-state index in [-0.39, 0.29) is 38.3 Å². The quantitative estimate of drug-likeness (QED) is 0.357. The molecular weight excluding hydrogens is 328 g/mol. The summed E-state index contributed by atoms with van der Waals surface area (Å²) in [6.07, 6.45) is 3.84. The zero-order chi connectivity index (χ0) is 19.1. The van der Waals surface area contributed by atoms with Crippen LogP contribution in [0.1, 0.15) is 26.2 Å². The minimum atomic E-state index is -0.916. The average Bonchev–Trinajstić information content (AvgIpc) is 2.58. The largest absolute Gasteiger partial charge is 0.462 e. The number of nitriles is 1. The van der Waals surface area contributed by atoms with Crippen LogP contribution in [0.5, 0.6) is 0 Å². The molecule has 0 saturated heterocycles. The standard InChI is InChI=1S/C17H26N2O6/c1-14(20)6-7-16(21)24-11-12-25-17(22)15(13-18)5-4-8-19(2)9-10-23-3/h4,8,15H,5-7,9-12H2,1-3H3/b8-4+. The molecule has 0 heterocycles. The normalized spacial score (nSPS) is 11.6. The summed E-state index contributed by atoms with van der Waals surface area (Å²) in [6, 6.07) is 1.89. The minimum Gasteiger partial charge on any atom is -0.462 e. The topological polar surface area (TPSA) is 106 Å². The lowest BCUT2D eigenvalue weighted by atomic mass is 10.1. The molecule has 0 spiro atoms. The van der Waals surface area contributed by atoms with Gasteiger partial charge < -0.3 is 23.9 Å². The van der Waals surface area contributed by atoms with Crippen LogP contribution in [-0.2, 0) is 28.6 Å². The van der Waals surface area contributed by atoms with E-state index in [2.05, 4.69) is 0 Å². The van der Waals surface area contributed by atoms with Gasteiger partial charge in [0.05, 0.1) is 19.1 Å². The van der Waals surface area contributed by atoms with Crippen molar-refractivity contribution in [1.82, 2.24) is 4.90 Å². The second kappa shape index (κ2) is 14.0. The maximum atomic E-state index is 11.8. The number of ketones is 1. The summed E-state index contributed by atoms with van der Waals surface area (Å²) in [5.41, 5.74) is 0. The molecule has 8 nitrogen and oxygen atoms in total. The number of esters is 2. The number of ether oxygens (including phenoxy) is 3. The van der Waals surface area contributed by atoms with Crippen molar-refractivity contribution in [3.63, 3.8) is 0 Å². The Morgan fingerprint density at radius 2 is 1.84 bits per heavy atom. The Morgan fingerprint density at radius 1 is 1.16 bits per heavy atom. The van der Waals surface area contributed by atoms with E-state index in [9.17, 15) is 14.4 Å². The molecule has 0 aromatic carbocycles. The molecule has 140 valence electrons. The van der Waals surface area contributed by atoms with Crippen molar-refractivity contribution in [3.8, 4) is 6.07 Å². The van der Waals surface area contributed by atoms with Crippen molar-refractivity contribution in [1.29, 1.82) is 5.26 Å². The van der Waals surface area contributed by atoms with E-state index < -0.39 is 17.9 Å². The highest BCUT2D eigenvalue weighted by Crippen LogP contribution is 2.06. The van der Waals surface area contributed by atoms with Crippen LogP contribution < -0.4 is 0 Å². The van der Waals surface area contributed by atoms with E-state index in [1.54, 1.807) is 19.4 Å². The Labute approximate surface area is 148 Å². The number of Topliss-reactive ketones (excluding diaryl/α,β-unsaturated/α-hetero) is 1. The van der Waals surface area contributed by atoms with Gasteiger partial charge >= 0.3 is 11.9 Å². The molecule has 0 aliphatic rings. The second-order valence-corrected chi connectivity index (χ2v) is 5.37. The lowest BCUT2D eigenvalue weighted by molar-refractivity contribution is -0.154. The molecule has 0 bridgehead atoms. The number of methoxy groups -OCH3 is 1. The molecule has 0 saturated carbocycles. The zero-order valence-electron chi connectivity index (χ0n) is 15.0. The van der Waals surface area contributed by atoms with Crippen LogP contribution in [0.25, 0.3) is 0 Å². The van der Waals surface area contributed by atoms with Crippen LogP contribution >= 0.6 is 0 Å². The van der Waals surface area contributed by atoms with Crippen LogP contribution in [0.15, 0.2) is 12.3 Å². The molecule has 0 aromatic heterocycles. The minimum absolute atomic E-state index is 0.00544. The molecule has 8 heteroatoms. The van der Waals surface area contributed by atoms with Crippen LogP contribution in [0, 0.1) is 17.2 Å². The molecular formula is C17H26N2O6. The van der Waals surface area contributed by atoms with Gasteiger partial charge in [-0.1, -0.05) is 6.08 Å². The van der Waals surface area contributed by atoms with Gasteiger partial charge in [0.15, 0.2) is 0 Å². The van der Waals surface area contributed by atoms with Gasteiger partial charge in [0, 0.05) is 27.1 Å². The highest BCUT2D eigenvalue weighted by molar-refractivity contribution is 5.81. The van der Waals surface area contributed by atoms with E-state index in [0.29, 0.717) is 13.2 Å². The maximum Gasteiger partial charge on any atom is 0.323 e. The predicted molar refractivity (Wildman–Crippen MR) is 89.2 cm³/mol. The molecule has 0 aliphatic heterocycles. The van der Waals surface area contributed by atoms with Crippen molar-refractivity contribution in [2.45, 2.75) is 26.2 Å². The highest BCUT2D eigenvalue weighted by Gasteiger charge is 2.18. The summed E-state index contributed by atoms with van der Waals surface area (Å²) in [5.74, 6) is -2.20. The first-order valence-corrected chi connectivity index (χ1v) is 7.97. The van der Waals surface area contributed by atoms with E-state index >= 15 is 0 Å². The summed E-state index contributed by atoms with van der Waals surface area (Å²) in [4.78, 5) is 35.7. The number of nitrogens with zero attached hydrogens (tertiary/aromatic N) is 2. The molecule has 25 heavy (non-hydrogen) atoms. The van der Waals surface area contributed by atoms with Gasteiger partial charge in [-0.3, -0.25) is 9.59 Å². The molecule has 1 atom stereocenters. The van der Waals surface area contributed by atoms with Crippen molar-refractivity contribution < 1.29 is 28.6 Å². The van der Waals surface area contributed by atoms with Gasteiger partial charge in [0.2, 0.25) is 0 Å². The molecule has 0 N–H and O–H groups in total. The Kier molecular flexibility index (Phi) is 12.6. The average molecular weight is 354 g/mol. The first kappa shape index (κ1) is 22.6. The van der Waals surface area contributed by atoms with Gasteiger partial charge in [-0.25, -0.2) is 0 Å². The maximum absolute atomic E-state index is 11.8. The molecule has 0 amide bonds. The summed E-state index contributed by atoms with van der Waals surface area (Å²) < 4.78 is 14.7. The summed E-state index contributed by atoms with van der Waals surface area (Å²) in [6.45, 7) is 2.44. The Morgan fingerprint density at radius 3 is 2.44 bits per heavy atom. The monoisotopic (exact) mass is 354 g/mol. The smallest absolute Gasteiger partial charge is 0.323 e. The number of allylic oxidation sites excluding steroid dienone is 1. The zero-order valence-corrected chi connectivity index (χ0v) is 15.0. The number of carbonyl (C=O) groups is 3. The number of carbonyl (C=O) groups excluding carboxylic acids is 3. The van der Waals surface area contributed by atoms with Crippen molar-refractivity contribution in [3.05, 3.63) is 12.3 Å². The third-order valence-electron chi connectivity index (χ3n) is 3.09. The SMILES string of the molecule is COCCN(C)/C=C/CC(C#N)C(=O)OCCOC(=O)CCC(C)=O. The van der Waals surface area contributed by atoms with Crippen LogP contribution in [0.2, 0.25) is 0 Å². The van der Waals surface area contributed by atoms with Gasteiger partial charge in [-0.15, -0.1) is 0 Å². The summed E-state index contributed by atoms with van der Waals surface area (Å²) in [7, 11) is 3.47. The van der Waals surface area contributed by atoms with Crippen molar-refractivity contribution in [2.75, 3.05) is 40.5 Å². The van der Waals surface area contributed by atoms with E-state index in [1.807, 2.05) is 18.0 Å². The van der Waals surface area contributed by atoms with Gasteiger partial charge in [-0.05, 0) is 19.5 Å². The van der Waals surface area contributed by atoms with Crippen molar-refractivity contribution >= 4 is 17.7 Å². The first-order valence-electron chi connectivity index (χ1n) is 7.97. The van der Waals surface area contributed by atoms with Crippen LogP contribution in [-0.4, -0.2) is 63.1 Å². The number of hydrogen-bond acceptors (Lipinski definition) is 8. The lowest BCUT2D eigenvalue weighted by Crippen LogP contribution is -2.20. The third-order valence-corrected chi connectivity index (χ3v) is 3.09. The van der Waals surface area contributed by atoms with Crippen LogP contribution in [0.3, 0.4) is 0 Å². The predicted octanol–water partition coefficient (Wildman–Crippen LogP) is 1.06. The summed E-state index contributed by atoms with van der Waals surface area (Å²) >= 11 is 0. The van der Waals surface area contributed by atoms with E-state index in [4.69, 9.17) is 19.5 Å². The van der Waals surface area contributed by atoms with E-state index in [1.165, 1.54) is 6.92 Å². The van der Waals surface area contributed by atoms with Gasteiger partial charge in [0.25, 0.3) is 0 Å². The molecule has 0 aromatic rings. The van der Waals surface area contributed by atoms with Gasteiger partial charge in [-0.2, -0.15) is 5.26 Å².